The molecule has 1 aliphatic heterocycles. The fourth-order valence-corrected chi connectivity index (χ4v) is 4.00. The predicted molar refractivity (Wildman–Crippen MR) is 78.7 cm³/mol. The molecule has 2 unspecified atom stereocenters. The molecule has 1 aromatic heterocycles. The lowest BCUT2D eigenvalue weighted by Crippen LogP contribution is -2.41. The molecular weight excluding hydrogens is 266 g/mol. The standard InChI is InChI=1S/C14H22ClNOS/c1-4-7-16-12(14(3)6-5-8-17-14)11-9-10(2)13(15)18-11/h9,12,16H,4-8H2,1-3H3. The molecule has 0 radical (unpaired) electrons. The molecule has 0 spiro atoms. The van der Waals surface area contributed by atoms with Crippen LogP contribution < -0.4 is 5.32 Å². The Morgan fingerprint density at radius 2 is 2.39 bits per heavy atom. The topological polar surface area (TPSA) is 21.3 Å². The van der Waals surface area contributed by atoms with Gasteiger partial charge in [-0.2, -0.15) is 0 Å². The molecule has 2 rings (SSSR count). The van der Waals surface area contributed by atoms with Crippen molar-refractivity contribution >= 4 is 22.9 Å². The van der Waals surface area contributed by atoms with Gasteiger partial charge in [-0.25, -0.2) is 0 Å². The Kier molecular flexibility index (Phi) is 4.70. The van der Waals surface area contributed by atoms with Crippen LogP contribution in [0.15, 0.2) is 6.07 Å². The molecule has 2 nitrogen and oxygen atoms in total. The lowest BCUT2D eigenvalue weighted by atomic mass is 9.91. The number of rotatable bonds is 5. The van der Waals surface area contributed by atoms with Crippen LogP contribution in [0, 0.1) is 6.92 Å². The first-order chi connectivity index (χ1) is 8.57. The van der Waals surface area contributed by atoms with E-state index in [1.165, 1.54) is 10.4 Å². The Labute approximate surface area is 119 Å². The van der Waals surface area contributed by atoms with E-state index in [0.717, 1.165) is 36.8 Å². The summed E-state index contributed by atoms with van der Waals surface area (Å²) in [5, 5.41) is 3.64. The predicted octanol–water partition coefficient (Wildman–Crippen LogP) is 4.32. The molecule has 0 saturated carbocycles. The van der Waals surface area contributed by atoms with Gasteiger partial charge in [-0.3, -0.25) is 0 Å². The van der Waals surface area contributed by atoms with Crippen molar-refractivity contribution < 1.29 is 4.74 Å². The van der Waals surface area contributed by atoms with E-state index in [-0.39, 0.29) is 11.6 Å². The largest absolute Gasteiger partial charge is 0.373 e. The van der Waals surface area contributed by atoms with Gasteiger partial charge in [-0.15, -0.1) is 11.3 Å². The van der Waals surface area contributed by atoms with E-state index in [4.69, 9.17) is 16.3 Å². The third kappa shape index (κ3) is 2.90. The van der Waals surface area contributed by atoms with Crippen LogP contribution in [-0.2, 0) is 4.74 Å². The number of nitrogens with one attached hydrogen (secondary N) is 1. The van der Waals surface area contributed by atoms with E-state index in [9.17, 15) is 0 Å². The van der Waals surface area contributed by atoms with E-state index in [1.807, 2.05) is 0 Å². The molecule has 4 heteroatoms. The third-order valence-corrected chi connectivity index (χ3v) is 5.24. The van der Waals surface area contributed by atoms with Crippen molar-refractivity contribution in [1.29, 1.82) is 0 Å². The molecule has 1 aliphatic rings. The number of aryl methyl sites for hydroxylation is 1. The zero-order valence-corrected chi connectivity index (χ0v) is 13.0. The van der Waals surface area contributed by atoms with Crippen LogP contribution >= 0.6 is 22.9 Å². The van der Waals surface area contributed by atoms with Crippen molar-refractivity contribution in [3.05, 3.63) is 20.8 Å². The van der Waals surface area contributed by atoms with Gasteiger partial charge in [-0.05, 0) is 51.3 Å². The molecule has 2 atom stereocenters. The van der Waals surface area contributed by atoms with Crippen molar-refractivity contribution in [2.75, 3.05) is 13.2 Å². The normalized spacial score (nSPS) is 25.6. The highest BCUT2D eigenvalue weighted by Gasteiger charge is 2.39. The molecule has 1 saturated heterocycles. The van der Waals surface area contributed by atoms with Gasteiger partial charge in [0.2, 0.25) is 0 Å². The van der Waals surface area contributed by atoms with E-state index in [1.54, 1.807) is 11.3 Å². The highest BCUT2D eigenvalue weighted by molar-refractivity contribution is 7.16. The maximum absolute atomic E-state index is 6.21. The molecule has 0 amide bonds. The number of ether oxygens (including phenoxy) is 1. The van der Waals surface area contributed by atoms with Crippen LogP contribution in [0.5, 0.6) is 0 Å². The zero-order chi connectivity index (χ0) is 13.2. The average molecular weight is 288 g/mol. The smallest absolute Gasteiger partial charge is 0.0960 e. The molecule has 0 aromatic carbocycles. The first kappa shape index (κ1) is 14.3. The molecule has 0 aliphatic carbocycles. The molecular formula is C14H22ClNOS. The van der Waals surface area contributed by atoms with Gasteiger partial charge < -0.3 is 10.1 Å². The maximum atomic E-state index is 6.21. The first-order valence-corrected chi connectivity index (χ1v) is 7.89. The van der Waals surface area contributed by atoms with Crippen molar-refractivity contribution in [3.8, 4) is 0 Å². The first-order valence-electron chi connectivity index (χ1n) is 6.70. The summed E-state index contributed by atoms with van der Waals surface area (Å²) in [6.07, 6.45) is 3.40. The fourth-order valence-electron chi connectivity index (χ4n) is 2.56. The van der Waals surface area contributed by atoms with Gasteiger partial charge in [0.05, 0.1) is 16.0 Å². The minimum atomic E-state index is -0.0875. The Morgan fingerprint density at radius 1 is 1.61 bits per heavy atom. The summed E-state index contributed by atoms with van der Waals surface area (Å²) >= 11 is 7.89. The van der Waals surface area contributed by atoms with Crippen LogP contribution in [0.25, 0.3) is 0 Å². The van der Waals surface area contributed by atoms with Crippen LogP contribution in [-0.4, -0.2) is 18.8 Å². The van der Waals surface area contributed by atoms with Gasteiger partial charge in [0.15, 0.2) is 0 Å². The Hall–Kier alpha value is -0.0900. The van der Waals surface area contributed by atoms with E-state index in [0.29, 0.717) is 0 Å². The molecule has 2 heterocycles. The second kappa shape index (κ2) is 5.91. The van der Waals surface area contributed by atoms with Crippen molar-refractivity contribution in [3.63, 3.8) is 0 Å². The lowest BCUT2D eigenvalue weighted by Gasteiger charge is -2.33. The zero-order valence-electron chi connectivity index (χ0n) is 11.4. The van der Waals surface area contributed by atoms with Crippen LogP contribution in [0.2, 0.25) is 4.34 Å². The summed E-state index contributed by atoms with van der Waals surface area (Å²) in [7, 11) is 0. The number of halogens is 1. The summed E-state index contributed by atoms with van der Waals surface area (Å²) in [5.74, 6) is 0. The SMILES string of the molecule is CCCNC(c1cc(C)c(Cl)s1)C1(C)CCCO1. The highest BCUT2D eigenvalue weighted by Crippen LogP contribution is 2.41. The summed E-state index contributed by atoms with van der Waals surface area (Å²) in [4.78, 5) is 1.30. The van der Waals surface area contributed by atoms with Crippen molar-refractivity contribution in [2.45, 2.75) is 51.7 Å². The fraction of sp³-hybridized carbons (Fsp3) is 0.714. The second-order valence-electron chi connectivity index (χ2n) is 5.26. The van der Waals surface area contributed by atoms with Gasteiger partial charge in [0, 0.05) is 11.5 Å². The Balaban J connectivity index is 2.24. The van der Waals surface area contributed by atoms with E-state index in [2.05, 4.69) is 32.2 Å². The minimum Gasteiger partial charge on any atom is -0.373 e. The molecule has 0 bridgehead atoms. The van der Waals surface area contributed by atoms with Gasteiger partial charge in [0.1, 0.15) is 0 Å². The quantitative estimate of drug-likeness (QED) is 0.871. The second-order valence-corrected chi connectivity index (χ2v) is 6.94. The number of thiophene rings is 1. The summed E-state index contributed by atoms with van der Waals surface area (Å²) in [6.45, 7) is 8.36. The third-order valence-electron chi connectivity index (χ3n) is 3.62. The van der Waals surface area contributed by atoms with Gasteiger partial charge in [0.25, 0.3) is 0 Å². The van der Waals surface area contributed by atoms with Crippen LogP contribution in [0.4, 0.5) is 0 Å². The molecule has 1 fully saturated rings. The Morgan fingerprint density at radius 3 is 2.89 bits per heavy atom. The Bertz CT molecular complexity index is 379. The average Bonchev–Trinajstić information content (AvgIpc) is 2.88. The van der Waals surface area contributed by atoms with Crippen molar-refractivity contribution in [1.82, 2.24) is 5.32 Å². The van der Waals surface area contributed by atoms with Crippen LogP contribution in [0.3, 0.4) is 0 Å². The molecule has 18 heavy (non-hydrogen) atoms. The number of hydrogen-bond acceptors (Lipinski definition) is 3. The summed E-state index contributed by atoms with van der Waals surface area (Å²) in [5.41, 5.74) is 1.08. The summed E-state index contributed by atoms with van der Waals surface area (Å²) < 4.78 is 6.90. The molecule has 1 aromatic rings. The monoisotopic (exact) mass is 287 g/mol. The lowest BCUT2D eigenvalue weighted by molar-refractivity contribution is -0.0115. The van der Waals surface area contributed by atoms with Gasteiger partial charge in [-0.1, -0.05) is 18.5 Å². The number of hydrogen-bond donors (Lipinski definition) is 1. The van der Waals surface area contributed by atoms with E-state index >= 15 is 0 Å². The maximum Gasteiger partial charge on any atom is 0.0960 e. The van der Waals surface area contributed by atoms with E-state index < -0.39 is 0 Å². The summed E-state index contributed by atoms with van der Waals surface area (Å²) in [6, 6.07) is 2.46. The van der Waals surface area contributed by atoms with Gasteiger partial charge >= 0.3 is 0 Å². The molecule has 1 N–H and O–H groups in total. The molecule has 102 valence electrons. The van der Waals surface area contributed by atoms with Crippen molar-refractivity contribution in [2.24, 2.45) is 0 Å². The minimum absolute atomic E-state index is 0.0875. The highest BCUT2D eigenvalue weighted by atomic mass is 35.5. The van der Waals surface area contributed by atoms with Crippen LogP contribution in [0.1, 0.15) is 49.6 Å².